The average Bonchev–Trinajstić information content (AvgIpc) is 2.38. The number of anilines is 2. The van der Waals surface area contributed by atoms with Crippen LogP contribution in [0, 0.1) is 0 Å². The molecule has 3 N–H and O–H groups in total. The molecule has 2 rings (SSSR count). The molecule has 1 aromatic heterocycles. The van der Waals surface area contributed by atoms with Crippen LogP contribution in [0.25, 0.3) is 0 Å². The number of aromatic nitrogens is 2. The summed E-state index contributed by atoms with van der Waals surface area (Å²) in [5.74, 6) is 0.559. The minimum Gasteiger partial charge on any atom is -0.368 e. The van der Waals surface area contributed by atoms with E-state index in [1.54, 1.807) is 6.07 Å². The molecule has 7 heteroatoms. The number of benzene rings is 1. The van der Waals surface area contributed by atoms with Crippen molar-refractivity contribution < 1.29 is 0 Å². The quantitative estimate of drug-likeness (QED) is 0.515. The van der Waals surface area contributed by atoms with Gasteiger partial charge < -0.3 is 5.73 Å². The lowest BCUT2D eigenvalue weighted by atomic mass is 10.1. The Hall–Kier alpha value is -1.85. The Bertz CT molecular complexity index is 605. The summed E-state index contributed by atoms with van der Waals surface area (Å²) >= 11 is 11.6. The normalized spacial score (nSPS) is 11.4. The third-order valence-corrected chi connectivity index (χ3v) is 2.89. The first kappa shape index (κ1) is 14.6. The molecule has 0 saturated carbocycles. The van der Waals surface area contributed by atoms with Crippen LogP contribution >= 0.6 is 23.2 Å². The number of halogens is 2. The summed E-state index contributed by atoms with van der Waals surface area (Å²) in [6.45, 7) is 1.91. The molecule has 2 aromatic rings. The Kier molecular flexibility index (Phi) is 4.76. The first-order valence-electron chi connectivity index (χ1n) is 5.86. The van der Waals surface area contributed by atoms with Crippen LogP contribution in [0.1, 0.15) is 12.5 Å². The van der Waals surface area contributed by atoms with Crippen molar-refractivity contribution in [1.29, 1.82) is 0 Å². The minimum absolute atomic E-state index is 0.102. The summed E-state index contributed by atoms with van der Waals surface area (Å²) in [5, 5.41) is 5.21. The molecule has 0 bridgehead atoms. The number of hydrogen-bond donors (Lipinski definition) is 2. The number of nitrogens with zero attached hydrogens (tertiary/aromatic N) is 3. The molecule has 0 radical (unpaired) electrons. The van der Waals surface area contributed by atoms with Gasteiger partial charge in [0.2, 0.25) is 5.95 Å². The lowest BCUT2D eigenvalue weighted by Crippen LogP contribution is -2.04. The molecule has 5 nitrogen and oxygen atoms in total. The van der Waals surface area contributed by atoms with Gasteiger partial charge in [0, 0.05) is 23.2 Å². The second-order valence-electron chi connectivity index (χ2n) is 4.20. The van der Waals surface area contributed by atoms with E-state index in [2.05, 4.69) is 20.5 Å². The van der Waals surface area contributed by atoms with Crippen LogP contribution in [0.5, 0.6) is 0 Å². The number of hydrazone groups is 1. The van der Waals surface area contributed by atoms with Gasteiger partial charge in [-0.2, -0.15) is 10.1 Å². The van der Waals surface area contributed by atoms with E-state index >= 15 is 0 Å². The van der Waals surface area contributed by atoms with E-state index in [1.165, 1.54) is 0 Å². The maximum Gasteiger partial charge on any atom is 0.223 e. The molecule has 0 amide bonds. The van der Waals surface area contributed by atoms with Crippen molar-refractivity contribution in [3.63, 3.8) is 0 Å². The Balaban J connectivity index is 2.01. The van der Waals surface area contributed by atoms with E-state index < -0.39 is 0 Å². The van der Waals surface area contributed by atoms with Gasteiger partial charge in [-0.25, -0.2) is 4.98 Å². The fourth-order valence-corrected chi connectivity index (χ4v) is 1.90. The van der Waals surface area contributed by atoms with E-state index in [9.17, 15) is 0 Å². The molecular weight excluding hydrogens is 297 g/mol. The zero-order valence-electron chi connectivity index (χ0n) is 10.8. The van der Waals surface area contributed by atoms with Gasteiger partial charge >= 0.3 is 0 Å². The fourth-order valence-electron chi connectivity index (χ4n) is 1.58. The molecule has 20 heavy (non-hydrogen) atoms. The molecule has 0 aliphatic rings. The molecule has 0 spiro atoms. The van der Waals surface area contributed by atoms with E-state index in [0.717, 1.165) is 11.3 Å². The van der Waals surface area contributed by atoms with E-state index in [4.69, 9.17) is 28.9 Å². The molecule has 0 aliphatic heterocycles. The lowest BCUT2D eigenvalue weighted by molar-refractivity contribution is 1.14. The molecule has 0 atom stereocenters. The third kappa shape index (κ3) is 4.36. The van der Waals surface area contributed by atoms with Crippen LogP contribution in [0.3, 0.4) is 0 Å². The van der Waals surface area contributed by atoms with Gasteiger partial charge in [-0.15, -0.1) is 0 Å². The maximum absolute atomic E-state index is 5.84. The Labute approximate surface area is 126 Å². The second-order valence-corrected chi connectivity index (χ2v) is 5.02. The third-order valence-electron chi connectivity index (χ3n) is 2.45. The molecule has 1 heterocycles. The summed E-state index contributed by atoms with van der Waals surface area (Å²) in [7, 11) is 0. The molecule has 0 fully saturated rings. The summed E-state index contributed by atoms with van der Waals surface area (Å²) in [5.41, 5.74) is 10.3. The summed E-state index contributed by atoms with van der Waals surface area (Å²) in [6.07, 6.45) is 0.707. The first-order chi connectivity index (χ1) is 9.52. The highest BCUT2D eigenvalue weighted by molar-refractivity contribution is 6.30. The second kappa shape index (κ2) is 6.54. The smallest absolute Gasteiger partial charge is 0.223 e. The fraction of sp³-hybridized carbons (Fsp3) is 0.154. The monoisotopic (exact) mass is 309 g/mol. The van der Waals surface area contributed by atoms with Crippen LogP contribution < -0.4 is 11.2 Å². The number of nitrogens with one attached hydrogen (secondary N) is 1. The van der Waals surface area contributed by atoms with Crippen molar-refractivity contribution in [2.45, 2.75) is 13.3 Å². The van der Waals surface area contributed by atoms with Gasteiger partial charge in [0.25, 0.3) is 0 Å². The Morgan fingerprint density at radius 2 is 1.95 bits per heavy atom. The number of hydrogen-bond acceptors (Lipinski definition) is 5. The van der Waals surface area contributed by atoms with Crippen LogP contribution in [0.4, 0.5) is 11.8 Å². The molecule has 104 valence electrons. The van der Waals surface area contributed by atoms with Gasteiger partial charge in [0.15, 0.2) is 5.82 Å². The molecule has 0 unspecified atom stereocenters. The van der Waals surface area contributed by atoms with Crippen molar-refractivity contribution in [2.24, 2.45) is 5.10 Å². The highest BCUT2D eigenvalue weighted by Crippen LogP contribution is 2.13. The van der Waals surface area contributed by atoms with Gasteiger partial charge in [-0.05, 0) is 24.6 Å². The van der Waals surface area contributed by atoms with Crippen LogP contribution in [0.15, 0.2) is 35.4 Å². The molecule has 0 aliphatic carbocycles. The first-order valence-corrected chi connectivity index (χ1v) is 6.62. The average molecular weight is 310 g/mol. The Morgan fingerprint density at radius 3 is 2.60 bits per heavy atom. The highest BCUT2D eigenvalue weighted by atomic mass is 35.5. The van der Waals surface area contributed by atoms with Crippen molar-refractivity contribution in [1.82, 2.24) is 9.97 Å². The van der Waals surface area contributed by atoms with Crippen molar-refractivity contribution >= 4 is 40.7 Å². The number of nitrogens with two attached hydrogens (primary N) is 1. The maximum atomic E-state index is 5.84. The van der Waals surface area contributed by atoms with E-state index in [0.29, 0.717) is 17.3 Å². The SMILES string of the molecule is C/C(Cc1ccc(Cl)cc1)=N\Nc1cc(Cl)nc(N)n1. The van der Waals surface area contributed by atoms with Gasteiger partial charge in [0.1, 0.15) is 5.15 Å². The number of nitrogen functional groups attached to an aromatic ring is 1. The standard InChI is InChI=1S/C13H13Cl2N5/c1-8(6-9-2-4-10(14)5-3-9)19-20-12-7-11(15)17-13(16)18-12/h2-5,7H,6H2,1H3,(H3,16,17,18,20)/b19-8+. The summed E-state index contributed by atoms with van der Waals surface area (Å²) < 4.78 is 0. The van der Waals surface area contributed by atoms with Gasteiger partial charge in [-0.1, -0.05) is 35.3 Å². The highest BCUT2D eigenvalue weighted by Gasteiger charge is 2.00. The van der Waals surface area contributed by atoms with Gasteiger partial charge in [-0.3, -0.25) is 5.43 Å². The molecule has 0 saturated heterocycles. The molecule has 1 aromatic carbocycles. The Morgan fingerprint density at radius 1 is 1.25 bits per heavy atom. The van der Waals surface area contributed by atoms with E-state index in [-0.39, 0.29) is 11.1 Å². The predicted octanol–water partition coefficient (Wildman–Crippen LogP) is 3.40. The topological polar surface area (TPSA) is 76.2 Å². The van der Waals surface area contributed by atoms with Crippen molar-refractivity contribution in [3.05, 3.63) is 46.1 Å². The zero-order valence-corrected chi connectivity index (χ0v) is 12.3. The van der Waals surface area contributed by atoms with Crippen LogP contribution in [0.2, 0.25) is 10.2 Å². The molecular formula is C13H13Cl2N5. The van der Waals surface area contributed by atoms with Crippen LogP contribution in [-0.4, -0.2) is 15.7 Å². The summed E-state index contributed by atoms with van der Waals surface area (Å²) in [4.78, 5) is 7.74. The zero-order chi connectivity index (χ0) is 14.5. The lowest BCUT2D eigenvalue weighted by Gasteiger charge is -2.04. The number of rotatable bonds is 4. The van der Waals surface area contributed by atoms with Crippen LogP contribution in [-0.2, 0) is 6.42 Å². The minimum atomic E-state index is 0.102. The largest absolute Gasteiger partial charge is 0.368 e. The predicted molar refractivity (Wildman–Crippen MR) is 83.3 cm³/mol. The van der Waals surface area contributed by atoms with Gasteiger partial charge in [0.05, 0.1) is 0 Å². The van der Waals surface area contributed by atoms with Crippen molar-refractivity contribution in [2.75, 3.05) is 11.2 Å². The van der Waals surface area contributed by atoms with Crippen molar-refractivity contribution in [3.8, 4) is 0 Å². The van der Waals surface area contributed by atoms with E-state index in [1.807, 2.05) is 31.2 Å². The summed E-state index contributed by atoms with van der Waals surface area (Å²) in [6, 6.07) is 9.17.